The highest BCUT2D eigenvalue weighted by Crippen LogP contribution is 2.29. The van der Waals surface area contributed by atoms with Crippen molar-refractivity contribution in [2.24, 2.45) is 5.92 Å². The Bertz CT molecular complexity index is 1020. The number of amides is 3. The van der Waals surface area contributed by atoms with Gasteiger partial charge in [0, 0.05) is 10.7 Å². The molecule has 2 atom stereocenters. The van der Waals surface area contributed by atoms with E-state index in [1.54, 1.807) is 56.3 Å². The molecule has 3 rings (SSSR count). The van der Waals surface area contributed by atoms with Crippen LogP contribution in [0.1, 0.15) is 46.5 Å². The number of carbonyl (C=O) groups is 4. The van der Waals surface area contributed by atoms with E-state index in [4.69, 9.17) is 16.3 Å². The summed E-state index contributed by atoms with van der Waals surface area (Å²) in [6.07, 6.45) is 0.529. The Hall–Kier alpha value is -3.19. The van der Waals surface area contributed by atoms with Crippen LogP contribution < -0.4 is 5.32 Å². The minimum absolute atomic E-state index is 0.253. The molecule has 0 bridgehead atoms. The maximum absolute atomic E-state index is 12.9. The zero-order valence-corrected chi connectivity index (χ0v) is 18.2. The topological polar surface area (TPSA) is 92.8 Å². The van der Waals surface area contributed by atoms with Crippen LogP contribution in [-0.2, 0) is 14.3 Å². The third kappa shape index (κ3) is 4.46. The number of ether oxygens (including phenoxy) is 1. The molecule has 0 aliphatic carbocycles. The predicted molar refractivity (Wildman–Crippen MR) is 116 cm³/mol. The lowest BCUT2D eigenvalue weighted by Crippen LogP contribution is -2.49. The van der Waals surface area contributed by atoms with E-state index in [-0.39, 0.29) is 17.0 Å². The van der Waals surface area contributed by atoms with E-state index in [0.717, 1.165) is 4.90 Å². The monoisotopic (exact) mass is 442 g/mol. The van der Waals surface area contributed by atoms with E-state index in [2.05, 4.69) is 5.32 Å². The molecule has 0 saturated heterocycles. The van der Waals surface area contributed by atoms with Gasteiger partial charge in [0.25, 0.3) is 17.7 Å². The number of halogens is 1. The van der Waals surface area contributed by atoms with Crippen molar-refractivity contribution in [2.45, 2.75) is 33.2 Å². The highest BCUT2D eigenvalue weighted by molar-refractivity contribution is 6.31. The van der Waals surface area contributed by atoms with E-state index < -0.39 is 36.3 Å². The molecule has 2 unspecified atom stereocenters. The van der Waals surface area contributed by atoms with Crippen LogP contribution in [0.5, 0.6) is 0 Å². The number of rotatable bonds is 7. The highest BCUT2D eigenvalue weighted by atomic mass is 35.5. The molecule has 0 aromatic heterocycles. The second-order valence-electron chi connectivity index (χ2n) is 7.42. The minimum atomic E-state index is -1.13. The predicted octanol–water partition coefficient (Wildman–Crippen LogP) is 3.84. The molecule has 3 amide bonds. The van der Waals surface area contributed by atoms with Gasteiger partial charge in [0.15, 0.2) is 6.61 Å². The molecule has 2 aromatic carbocycles. The standard InChI is InChI=1S/C23H23ClN2O5/c1-4-13(2)20(26-21(28)15-8-5-6-9-16(15)22(26)29)23(30)31-12-19(27)25-18-11-7-10-17(24)14(18)3/h5-11,13,20H,4,12H2,1-3H3,(H,25,27). The first-order chi connectivity index (χ1) is 14.8. The van der Waals surface area contributed by atoms with Crippen molar-refractivity contribution in [2.75, 3.05) is 11.9 Å². The van der Waals surface area contributed by atoms with Gasteiger partial charge in [0.05, 0.1) is 11.1 Å². The average molecular weight is 443 g/mol. The molecule has 1 aliphatic heterocycles. The largest absolute Gasteiger partial charge is 0.454 e. The van der Waals surface area contributed by atoms with Crippen molar-refractivity contribution in [3.63, 3.8) is 0 Å². The van der Waals surface area contributed by atoms with Gasteiger partial charge in [-0.2, -0.15) is 0 Å². The zero-order chi connectivity index (χ0) is 22.7. The van der Waals surface area contributed by atoms with Crippen LogP contribution in [0.3, 0.4) is 0 Å². The molecule has 162 valence electrons. The molecule has 1 heterocycles. The van der Waals surface area contributed by atoms with Crippen molar-refractivity contribution in [3.8, 4) is 0 Å². The molecule has 0 saturated carbocycles. The van der Waals surface area contributed by atoms with Gasteiger partial charge in [-0.05, 0) is 42.7 Å². The van der Waals surface area contributed by atoms with E-state index in [1.165, 1.54) is 0 Å². The summed E-state index contributed by atoms with van der Waals surface area (Å²) in [5.74, 6) is -2.79. The fourth-order valence-electron chi connectivity index (χ4n) is 3.43. The van der Waals surface area contributed by atoms with E-state index >= 15 is 0 Å². The maximum Gasteiger partial charge on any atom is 0.330 e. The fraction of sp³-hybridized carbons (Fsp3) is 0.304. The van der Waals surface area contributed by atoms with Crippen LogP contribution in [0.4, 0.5) is 5.69 Å². The number of fused-ring (bicyclic) bond motifs is 1. The van der Waals surface area contributed by atoms with Crippen LogP contribution in [0, 0.1) is 12.8 Å². The summed E-state index contributed by atoms with van der Waals surface area (Å²) in [5, 5.41) is 3.14. The fourth-order valence-corrected chi connectivity index (χ4v) is 3.60. The van der Waals surface area contributed by atoms with Crippen molar-refractivity contribution < 1.29 is 23.9 Å². The molecule has 7 nitrogen and oxygen atoms in total. The first-order valence-corrected chi connectivity index (χ1v) is 10.3. The quantitative estimate of drug-likeness (QED) is 0.519. The Labute approximate surface area is 185 Å². The molecule has 1 aliphatic rings. The van der Waals surface area contributed by atoms with E-state index in [1.807, 2.05) is 6.92 Å². The number of imide groups is 1. The zero-order valence-electron chi connectivity index (χ0n) is 17.5. The molecule has 1 N–H and O–H groups in total. The number of carbonyl (C=O) groups excluding carboxylic acids is 4. The normalized spacial score (nSPS) is 14.8. The number of benzene rings is 2. The summed E-state index contributed by atoms with van der Waals surface area (Å²) in [7, 11) is 0. The minimum Gasteiger partial charge on any atom is -0.454 e. The summed E-state index contributed by atoms with van der Waals surface area (Å²) in [5.41, 5.74) is 1.70. The molecule has 0 spiro atoms. The lowest BCUT2D eigenvalue weighted by Gasteiger charge is -2.28. The third-order valence-corrected chi connectivity index (χ3v) is 5.82. The van der Waals surface area contributed by atoms with E-state index in [0.29, 0.717) is 22.7 Å². The highest BCUT2D eigenvalue weighted by Gasteiger charge is 2.45. The first-order valence-electron chi connectivity index (χ1n) is 9.94. The van der Waals surface area contributed by atoms with Crippen molar-refractivity contribution in [1.82, 2.24) is 4.90 Å². The summed E-state index contributed by atoms with van der Waals surface area (Å²) in [6.45, 7) is 4.80. The summed E-state index contributed by atoms with van der Waals surface area (Å²) < 4.78 is 5.21. The molecule has 2 aromatic rings. The number of nitrogens with one attached hydrogen (secondary N) is 1. The molecule has 0 radical (unpaired) electrons. The average Bonchev–Trinajstić information content (AvgIpc) is 3.01. The second-order valence-corrected chi connectivity index (χ2v) is 7.83. The van der Waals surface area contributed by atoms with E-state index in [9.17, 15) is 19.2 Å². The number of esters is 1. The van der Waals surface area contributed by atoms with Gasteiger partial charge in [-0.15, -0.1) is 0 Å². The van der Waals surface area contributed by atoms with Gasteiger partial charge in [-0.1, -0.05) is 50.1 Å². The lowest BCUT2D eigenvalue weighted by atomic mass is 9.97. The first kappa shape index (κ1) is 22.5. The lowest BCUT2D eigenvalue weighted by molar-refractivity contribution is -0.152. The Morgan fingerprint density at radius 3 is 2.26 bits per heavy atom. The Morgan fingerprint density at radius 1 is 1.06 bits per heavy atom. The number of anilines is 1. The van der Waals surface area contributed by atoms with Crippen LogP contribution in [0.15, 0.2) is 42.5 Å². The molecule has 8 heteroatoms. The van der Waals surface area contributed by atoms with Crippen molar-refractivity contribution >= 4 is 41.0 Å². The summed E-state index contributed by atoms with van der Waals surface area (Å²) in [6, 6.07) is 10.4. The van der Waals surface area contributed by atoms with Gasteiger partial charge in [0.2, 0.25) is 0 Å². The van der Waals surface area contributed by atoms with Crippen LogP contribution in [0.25, 0.3) is 0 Å². The summed E-state index contributed by atoms with van der Waals surface area (Å²) >= 11 is 6.05. The maximum atomic E-state index is 12.9. The molecule has 31 heavy (non-hydrogen) atoms. The molecular weight excluding hydrogens is 420 g/mol. The number of hydrogen-bond acceptors (Lipinski definition) is 5. The van der Waals surface area contributed by atoms with Gasteiger partial charge in [0.1, 0.15) is 6.04 Å². The van der Waals surface area contributed by atoms with Crippen LogP contribution >= 0.6 is 11.6 Å². The van der Waals surface area contributed by atoms with Gasteiger partial charge < -0.3 is 10.1 Å². The van der Waals surface area contributed by atoms with Crippen molar-refractivity contribution in [1.29, 1.82) is 0 Å². The number of nitrogens with zero attached hydrogens (tertiary/aromatic N) is 1. The Morgan fingerprint density at radius 2 is 1.68 bits per heavy atom. The third-order valence-electron chi connectivity index (χ3n) is 5.42. The Balaban J connectivity index is 1.73. The molecule has 0 fully saturated rings. The SMILES string of the molecule is CCC(C)C(C(=O)OCC(=O)Nc1cccc(Cl)c1C)N1C(=O)c2ccccc2C1=O. The number of hydrogen-bond donors (Lipinski definition) is 1. The smallest absolute Gasteiger partial charge is 0.330 e. The van der Waals surface area contributed by atoms with Gasteiger partial charge in [-0.3, -0.25) is 19.3 Å². The van der Waals surface area contributed by atoms with Gasteiger partial charge >= 0.3 is 5.97 Å². The van der Waals surface area contributed by atoms with Crippen LogP contribution in [-0.4, -0.2) is 41.2 Å². The molecular formula is C23H23ClN2O5. The Kier molecular flexibility index (Phi) is 6.75. The second kappa shape index (κ2) is 9.31. The van der Waals surface area contributed by atoms with Crippen LogP contribution in [0.2, 0.25) is 5.02 Å². The van der Waals surface area contributed by atoms with Gasteiger partial charge in [-0.25, -0.2) is 4.79 Å². The summed E-state index contributed by atoms with van der Waals surface area (Å²) in [4.78, 5) is 51.8. The van der Waals surface area contributed by atoms with Crippen molar-refractivity contribution in [3.05, 3.63) is 64.2 Å².